The molecule has 2 fully saturated rings. The van der Waals surface area contributed by atoms with Gasteiger partial charge in [0.15, 0.2) is 0 Å². The molecule has 2 aromatic rings. The van der Waals surface area contributed by atoms with E-state index in [9.17, 15) is 19.5 Å². The zero-order valence-corrected chi connectivity index (χ0v) is 27.3. The van der Waals surface area contributed by atoms with Crippen molar-refractivity contribution in [3.05, 3.63) is 77.9 Å². The largest absolute Gasteiger partial charge is 0.494 e. The molecule has 0 aliphatic carbocycles. The second kappa shape index (κ2) is 12.7. The minimum atomic E-state index is -1.31. The first-order valence-corrected chi connectivity index (χ1v) is 16.5. The molecular formula is C37H45N3O6. The van der Waals surface area contributed by atoms with Crippen LogP contribution in [-0.4, -0.2) is 77.8 Å². The number of anilines is 2. The third-order valence-corrected chi connectivity index (χ3v) is 9.98. The number of fused-ring (bicyclic) bond motifs is 2. The molecule has 244 valence electrons. The van der Waals surface area contributed by atoms with Crippen LogP contribution in [0.25, 0.3) is 0 Å². The van der Waals surface area contributed by atoms with Crippen molar-refractivity contribution >= 4 is 29.1 Å². The second-order valence-corrected chi connectivity index (χ2v) is 13.1. The summed E-state index contributed by atoms with van der Waals surface area (Å²) in [6, 6.07) is 12.5. The Balaban J connectivity index is 1.41. The van der Waals surface area contributed by atoms with Crippen molar-refractivity contribution < 1.29 is 29.0 Å². The van der Waals surface area contributed by atoms with Crippen LogP contribution in [0.15, 0.2) is 66.8 Å². The minimum Gasteiger partial charge on any atom is -0.494 e. The topological polar surface area (TPSA) is 99.6 Å². The van der Waals surface area contributed by atoms with Crippen molar-refractivity contribution in [1.29, 1.82) is 0 Å². The van der Waals surface area contributed by atoms with Crippen molar-refractivity contribution in [2.75, 3.05) is 42.6 Å². The summed E-state index contributed by atoms with van der Waals surface area (Å²) >= 11 is 0. The number of nitrogens with zero attached hydrogens (tertiary/aromatic N) is 3. The van der Waals surface area contributed by atoms with E-state index in [4.69, 9.17) is 9.47 Å². The minimum absolute atomic E-state index is 0.124. The summed E-state index contributed by atoms with van der Waals surface area (Å²) in [5.74, 6) is -1.62. The van der Waals surface area contributed by atoms with Gasteiger partial charge in [0.2, 0.25) is 11.8 Å². The van der Waals surface area contributed by atoms with Gasteiger partial charge in [-0.05, 0) is 82.0 Å². The van der Waals surface area contributed by atoms with E-state index in [-0.39, 0.29) is 24.3 Å². The van der Waals surface area contributed by atoms with E-state index in [2.05, 4.69) is 0 Å². The van der Waals surface area contributed by atoms with Crippen LogP contribution in [0.2, 0.25) is 0 Å². The van der Waals surface area contributed by atoms with Crippen molar-refractivity contribution in [3.63, 3.8) is 0 Å². The van der Waals surface area contributed by atoms with Gasteiger partial charge in [0, 0.05) is 37.6 Å². The number of unbranched alkanes of at least 4 members (excludes halogenated alkanes) is 3. The summed E-state index contributed by atoms with van der Waals surface area (Å²) in [5, 5.41) is 9.26. The third-order valence-electron chi connectivity index (χ3n) is 9.98. The summed E-state index contributed by atoms with van der Waals surface area (Å²) in [7, 11) is 0. The Morgan fingerprint density at radius 1 is 0.870 bits per heavy atom. The zero-order chi connectivity index (χ0) is 32.6. The lowest BCUT2D eigenvalue weighted by molar-refractivity contribution is -0.144. The maximum absolute atomic E-state index is 14.8. The van der Waals surface area contributed by atoms with Gasteiger partial charge >= 0.3 is 0 Å². The number of aryl methyl sites for hydroxylation is 2. The quantitative estimate of drug-likeness (QED) is 0.302. The molecule has 9 nitrogen and oxygen atoms in total. The lowest BCUT2D eigenvalue weighted by Crippen LogP contribution is -2.56. The molecule has 4 aliphatic rings. The first-order chi connectivity index (χ1) is 22.1. The van der Waals surface area contributed by atoms with Gasteiger partial charge in [0.05, 0.1) is 24.0 Å². The van der Waals surface area contributed by atoms with Gasteiger partial charge in [-0.25, -0.2) is 0 Å². The van der Waals surface area contributed by atoms with Gasteiger partial charge in [-0.3, -0.25) is 14.4 Å². The van der Waals surface area contributed by atoms with E-state index in [1.165, 1.54) is 0 Å². The number of hydrogen-bond acceptors (Lipinski definition) is 6. The SMILES string of the molecule is CCOc1ccc(N2CC=C[C@]3(C)O[C@]45C=CCN(c6cc(C)ccc6C)C(=O)C4N(CCCCCCO)C(=O)[C@@H]5[C@@H]3C2=O)cc1. The predicted molar refractivity (Wildman–Crippen MR) is 177 cm³/mol. The summed E-state index contributed by atoms with van der Waals surface area (Å²) in [6.07, 6.45) is 10.7. The van der Waals surface area contributed by atoms with Gasteiger partial charge in [-0.2, -0.15) is 0 Å². The molecule has 46 heavy (non-hydrogen) atoms. The van der Waals surface area contributed by atoms with Crippen molar-refractivity contribution in [1.82, 2.24) is 4.90 Å². The molecule has 2 saturated heterocycles. The number of aliphatic hydroxyl groups is 1. The van der Waals surface area contributed by atoms with E-state index >= 15 is 0 Å². The Bertz CT molecular complexity index is 1550. The van der Waals surface area contributed by atoms with Gasteiger partial charge in [-0.1, -0.05) is 49.3 Å². The summed E-state index contributed by atoms with van der Waals surface area (Å²) in [4.78, 5) is 49.3. The van der Waals surface area contributed by atoms with Crippen molar-refractivity contribution in [2.45, 2.75) is 70.6 Å². The Kier molecular flexibility index (Phi) is 8.83. The van der Waals surface area contributed by atoms with Crippen LogP contribution in [0.4, 0.5) is 11.4 Å². The van der Waals surface area contributed by atoms with E-state index in [1.54, 1.807) is 14.7 Å². The van der Waals surface area contributed by atoms with Crippen LogP contribution in [0, 0.1) is 25.7 Å². The number of likely N-dealkylation sites (tertiary alicyclic amines) is 1. The fraction of sp³-hybridized carbons (Fsp3) is 0.486. The maximum Gasteiger partial charge on any atom is 0.253 e. The second-order valence-electron chi connectivity index (χ2n) is 13.1. The molecule has 0 saturated carbocycles. The zero-order valence-electron chi connectivity index (χ0n) is 27.3. The van der Waals surface area contributed by atoms with Crippen molar-refractivity contribution in [3.8, 4) is 5.75 Å². The molecule has 4 aliphatic heterocycles. The number of hydrogen-bond donors (Lipinski definition) is 1. The average molecular weight is 628 g/mol. The highest BCUT2D eigenvalue weighted by atomic mass is 16.5. The molecule has 4 heterocycles. The average Bonchev–Trinajstić information content (AvgIpc) is 3.29. The highest BCUT2D eigenvalue weighted by Gasteiger charge is 2.74. The molecule has 5 atom stereocenters. The van der Waals surface area contributed by atoms with E-state index in [0.717, 1.165) is 35.4 Å². The summed E-state index contributed by atoms with van der Waals surface area (Å²) in [5.41, 5.74) is 1.11. The van der Waals surface area contributed by atoms with Crippen LogP contribution < -0.4 is 14.5 Å². The fourth-order valence-corrected chi connectivity index (χ4v) is 7.86. The number of carbonyl (C=O) groups excluding carboxylic acids is 3. The molecule has 6 rings (SSSR count). The predicted octanol–water partition coefficient (Wildman–Crippen LogP) is 4.73. The third kappa shape index (κ3) is 5.33. The Hall–Kier alpha value is -3.95. The number of ether oxygens (including phenoxy) is 2. The standard InChI is InChI=1S/C37H45N3O6/c1-5-45-28-16-14-27(15-17-28)38-21-10-18-36(4)30(33(38)42)31-34(43)40(20-8-6-7-9-23-41)32-35(44)39(22-11-19-37(31,32)46-36)29-24-25(2)12-13-26(29)3/h10-19,24,30-32,41H,5-9,20-23H2,1-4H3/t30-,31+,32?,36+,37+/m1/s1. The molecule has 1 spiro atoms. The van der Waals surface area contributed by atoms with Crippen LogP contribution in [0.5, 0.6) is 5.75 Å². The number of amides is 3. The Morgan fingerprint density at radius 3 is 2.33 bits per heavy atom. The normalized spacial score (nSPS) is 28.7. The lowest BCUT2D eigenvalue weighted by atomic mass is 9.74. The molecule has 0 bridgehead atoms. The summed E-state index contributed by atoms with van der Waals surface area (Å²) in [6.45, 7) is 9.48. The highest BCUT2D eigenvalue weighted by Crippen LogP contribution is 2.58. The highest BCUT2D eigenvalue weighted by molar-refractivity contribution is 6.07. The molecule has 9 heteroatoms. The van der Waals surface area contributed by atoms with Gasteiger partial charge in [-0.15, -0.1) is 0 Å². The Morgan fingerprint density at radius 2 is 1.59 bits per heavy atom. The molecular weight excluding hydrogens is 582 g/mol. The van der Waals surface area contributed by atoms with Crippen LogP contribution in [-0.2, 0) is 19.1 Å². The van der Waals surface area contributed by atoms with Gasteiger partial charge in [0.1, 0.15) is 17.4 Å². The molecule has 0 radical (unpaired) electrons. The number of aliphatic hydroxyl groups excluding tert-OH is 1. The van der Waals surface area contributed by atoms with Gasteiger partial charge in [0.25, 0.3) is 5.91 Å². The number of rotatable bonds is 10. The first kappa shape index (κ1) is 32.0. The summed E-state index contributed by atoms with van der Waals surface area (Å²) < 4.78 is 12.6. The fourth-order valence-electron chi connectivity index (χ4n) is 7.86. The number of carbonyl (C=O) groups is 3. The number of benzene rings is 2. The molecule has 1 unspecified atom stereocenters. The maximum atomic E-state index is 14.8. The van der Waals surface area contributed by atoms with E-state index in [0.29, 0.717) is 44.8 Å². The van der Waals surface area contributed by atoms with E-state index in [1.807, 2.05) is 94.5 Å². The van der Waals surface area contributed by atoms with Crippen molar-refractivity contribution in [2.24, 2.45) is 11.8 Å². The van der Waals surface area contributed by atoms with Crippen LogP contribution in [0.1, 0.15) is 50.7 Å². The molecule has 2 aromatic carbocycles. The smallest absolute Gasteiger partial charge is 0.253 e. The Labute approximate surface area is 271 Å². The molecule has 1 N–H and O–H groups in total. The lowest BCUT2D eigenvalue weighted by Gasteiger charge is -2.37. The van der Waals surface area contributed by atoms with Crippen LogP contribution in [0.3, 0.4) is 0 Å². The van der Waals surface area contributed by atoms with E-state index < -0.39 is 29.1 Å². The monoisotopic (exact) mass is 627 g/mol. The van der Waals surface area contributed by atoms with Gasteiger partial charge < -0.3 is 29.3 Å². The first-order valence-electron chi connectivity index (χ1n) is 16.5. The molecule has 3 amide bonds. The molecule has 0 aromatic heterocycles. The van der Waals surface area contributed by atoms with Crippen LogP contribution >= 0.6 is 0 Å².